The highest BCUT2D eigenvalue weighted by Crippen LogP contribution is 2.25. The van der Waals surface area contributed by atoms with Crippen molar-refractivity contribution in [2.45, 2.75) is 39.2 Å². The lowest BCUT2D eigenvalue weighted by molar-refractivity contribution is -0.156. The number of nitriles is 1. The summed E-state index contributed by atoms with van der Waals surface area (Å²) in [6.07, 6.45) is 1.03. The van der Waals surface area contributed by atoms with Crippen molar-refractivity contribution >= 4 is 22.1 Å². The van der Waals surface area contributed by atoms with Crippen molar-refractivity contribution in [2.75, 3.05) is 19.7 Å². The van der Waals surface area contributed by atoms with E-state index >= 15 is 0 Å². The number of carbonyl (C=O) groups is 1. The third-order valence-electron chi connectivity index (χ3n) is 3.70. The van der Waals surface area contributed by atoms with Gasteiger partial charge in [-0.25, -0.2) is 4.79 Å². The third-order valence-corrected chi connectivity index (χ3v) is 4.20. The maximum atomic E-state index is 11.7. The predicted octanol–water partition coefficient (Wildman–Crippen LogP) is 4.28. The topological polar surface area (TPSA) is 71.8 Å². The Morgan fingerprint density at radius 2 is 2.04 bits per heavy atom. The zero-order valence-electron chi connectivity index (χ0n) is 14.8. The van der Waals surface area contributed by atoms with Crippen LogP contribution in [0.15, 0.2) is 22.7 Å². The average molecular weight is 411 g/mol. The van der Waals surface area contributed by atoms with Crippen LogP contribution in [-0.4, -0.2) is 36.5 Å². The van der Waals surface area contributed by atoms with E-state index in [0.29, 0.717) is 36.9 Å². The zero-order valence-corrected chi connectivity index (χ0v) is 16.3. The second kappa shape index (κ2) is 8.54. The first-order valence-electron chi connectivity index (χ1n) is 8.25. The van der Waals surface area contributed by atoms with Gasteiger partial charge in [-0.15, -0.1) is 5.06 Å². The largest absolute Gasteiger partial charge is 0.528 e. The number of piperidine rings is 1. The van der Waals surface area contributed by atoms with Crippen molar-refractivity contribution in [3.8, 4) is 11.8 Å². The summed E-state index contributed by atoms with van der Waals surface area (Å²) in [5.74, 6) is 0.951. The lowest BCUT2D eigenvalue weighted by Crippen LogP contribution is -2.38. The molecule has 0 unspecified atom stereocenters. The molecule has 1 aromatic rings. The lowest BCUT2D eigenvalue weighted by Gasteiger charge is -2.30. The van der Waals surface area contributed by atoms with E-state index in [2.05, 4.69) is 22.0 Å². The third kappa shape index (κ3) is 6.56. The van der Waals surface area contributed by atoms with Gasteiger partial charge in [-0.05, 0) is 57.7 Å². The highest BCUT2D eigenvalue weighted by molar-refractivity contribution is 9.10. The highest BCUT2D eigenvalue weighted by Gasteiger charge is 2.25. The van der Waals surface area contributed by atoms with Gasteiger partial charge in [0.25, 0.3) is 0 Å². The van der Waals surface area contributed by atoms with Gasteiger partial charge in [-0.2, -0.15) is 5.26 Å². The quantitative estimate of drug-likeness (QED) is 0.689. The number of rotatable bonds is 4. The molecule has 0 aromatic heterocycles. The van der Waals surface area contributed by atoms with E-state index in [9.17, 15) is 4.79 Å². The van der Waals surface area contributed by atoms with E-state index in [1.54, 1.807) is 38.0 Å². The number of halogens is 1. The van der Waals surface area contributed by atoms with Crippen LogP contribution >= 0.6 is 15.9 Å². The zero-order chi connectivity index (χ0) is 18.4. The summed E-state index contributed by atoms with van der Waals surface area (Å²) in [7, 11) is 0. The summed E-state index contributed by atoms with van der Waals surface area (Å²) in [6.45, 7) is 7.22. The van der Waals surface area contributed by atoms with Crippen LogP contribution in [0.3, 0.4) is 0 Å². The molecule has 1 aliphatic heterocycles. The summed E-state index contributed by atoms with van der Waals surface area (Å²) in [4.78, 5) is 16.9. The van der Waals surface area contributed by atoms with Crippen LogP contribution in [0, 0.1) is 17.2 Å². The number of carbonyl (C=O) groups excluding carboxylic acids is 1. The Kier molecular flexibility index (Phi) is 6.68. The molecule has 0 saturated carbocycles. The minimum Gasteiger partial charge on any atom is -0.492 e. The fraction of sp³-hybridized carbons (Fsp3) is 0.556. The minimum atomic E-state index is -0.671. The van der Waals surface area contributed by atoms with Gasteiger partial charge < -0.3 is 14.3 Å². The van der Waals surface area contributed by atoms with Crippen LogP contribution in [0.2, 0.25) is 0 Å². The Bertz CT molecular complexity index is 643. The molecule has 0 atom stereocenters. The van der Waals surface area contributed by atoms with Gasteiger partial charge in [-0.3, -0.25) is 0 Å². The van der Waals surface area contributed by atoms with Crippen LogP contribution in [0.4, 0.5) is 4.79 Å². The summed E-state index contributed by atoms with van der Waals surface area (Å²) >= 11 is 3.35. The molecule has 0 radical (unpaired) electrons. The number of hydrogen-bond donors (Lipinski definition) is 0. The normalized spacial score (nSPS) is 16.1. The second-order valence-corrected chi connectivity index (χ2v) is 7.91. The minimum absolute atomic E-state index is 0.355. The van der Waals surface area contributed by atoms with Gasteiger partial charge >= 0.3 is 6.16 Å². The van der Waals surface area contributed by atoms with Crippen LogP contribution in [0.25, 0.3) is 0 Å². The first-order valence-corrected chi connectivity index (χ1v) is 9.04. The molecule has 0 amide bonds. The Morgan fingerprint density at radius 1 is 1.36 bits per heavy atom. The van der Waals surface area contributed by atoms with Gasteiger partial charge in [0.15, 0.2) is 0 Å². The number of hydrogen-bond acceptors (Lipinski definition) is 6. The molecule has 0 spiro atoms. The van der Waals surface area contributed by atoms with Crippen LogP contribution in [0.5, 0.6) is 5.75 Å². The Morgan fingerprint density at radius 3 is 2.64 bits per heavy atom. The van der Waals surface area contributed by atoms with Crippen molar-refractivity contribution in [3.05, 3.63) is 28.2 Å². The maximum absolute atomic E-state index is 11.7. The maximum Gasteiger partial charge on any atom is 0.528 e. The molecule has 0 aliphatic carbocycles. The van der Waals surface area contributed by atoms with Crippen molar-refractivity contribution in [1.29, 1.82) is 5.26 Å². The van der Waals surface area contributed by atoms with E-state index in [1.165, 1.54) is 0 Å². The molecular formula is C18H23BrN2O4. The number of hydroxylamine groups is 2. The van der Waals surface area contributed by atoms with Gasteiger partial charge in [-0.1, -0.05) is 15.9 Å². The van der Waals surface area contributed by atoms with Gasteiger partial charge in [0.2, 0.25) is 0 Å². The molecule has 25 heavy (non-hydrogen) atoms. The predicted molar refractivity (Wildman–Crippen MR) is 96.0 cm³/mol. The number of ether oxygens (including phenoxy) is 2. The molecular weight excluding hydrogens is 388 g/mol. The molecule has 1 fully saturated rings. The van der Waals surface area contributed by atoms with E-state index in [4.69, 9.17) is 19.6 Å². The molecule has 136 valence electrons. The number of benzene rings is 1. The van der Waals surface area contributed by atoms with Crippen molar-refractivity contribution in [3.63, 3.8) is 0 Å². The molecule has 1 saturated heterocycles. The Labute approximate surface area is 156 Å². The average Bonchev–Trinajstić information content (AvgIpc) is 2.53. The molecule has 7 heteroatoms. The fourth-order valence-electron chi connectivity index (χ4n) is 2.46. The SMILES string of the molecule is CC(C)(C)OC(=O)ON1CCC(COc2ccc(Br)cc2C#N)CC1. The van der Waals surface area contributed by atoms with Gasteiger partial charge in [0, 0.05) is 17.6 Å². The second-order valence-electron chi connectivity index (χ2n) is 6.99. The van der Waals surface area contributed by atoms with E-state index in [1.807, 2.05) is 6.07 Å². The van der Waals surface area contributed by atoms with Gasteiger partial charge in [0.1, 0.15) is 17.4 Å². The summed E-state index contributed by atoms with van der Waals surface area (Å²) in [5.41, 5.74) is -0.0492. The molecule has 0 bridgehead atoms. The van der Waals surface area contributed by atoms with Gasteiger partial charge in [0.05, 0.1) is 12.2 Å². The summed E-state index contributed by atoms with van der Waals surface area (Å²) < 4.78 is 11.8. The lowest BCUT2D eigenvalue weighted by atomic mass is 9.99. The van der Waals surface area contributed by atoms with Crippen molar-refractivity contribution < 1.29 is 19.1 Å². The molecule has 1 aromatic carbocycles. The first-order chi connectivity index (χ1) is 11.8. The van der Waals surface area contributed by atoms with E-state index < -0.39 is 11.8 Å². The smallest absolute Gasteiger partial charge is 0.492 e. The standard InChI is InChI=1S/C18H23BrN2O4/c1-18(2,3)24-17(22)25-21-8-6-13(7-9-21)12-23-16-5-4-15(19)10-14(16)11-20/h4-5,10,13H,6-9,12H2,1-3H3. The Balaban J connectivity index is 1.76. The molecule has 6 nitrogen and oxygen atoms in total. The summed E-state index contributed by atoms with van der Waals surface area (Å²) in [6, 6.07) is 7.53. The van der Waals surface area contributed by atoms with Crippen molar-refractivity contribution in [2.24, 2.45) is 5.92 Å². The highest BCUT2D eigenvalue weighted by atomic mass is 79.9. The molecule has 1 aliphatic rings. The molecule has 0 N–H and O–H groups in total. The number of nitrogens with zero attached hydrogens (tertiary/aromatic N) is 2. The van der Waals surface area contributed by atoms with E-state index in [0.717, 1.165) is 17.3 Å². The van der Waals surface area contributed by atoms with Crippen LogP contribution < -0.4 is 4.74 Å². The first kappa shape index (κ1) is 19.5. The monoisotopic (exact) mass is 410 g/mol. The van der Waals surface area contributed by atoms with E-state index in [-0.39, 0.29) is 0 Å². The van der Waals surface area contributed by atoms with Crippen LogP contribution in [0.1, 0.15) is 39.2 Å². The van der Waals surface area contributed by atoms with Crippen molar-refractivity contribution in [1.82, 2.24) is 5.06 Å². The Hall–Kier alpha value is -1.78. The molecule has 1 heterocycles. The van der Waals surface area contributed by atoms with Crippen LogP contribution in [-0.2, 0) is 9.57 Å². The summed E-state index contributed by atoms with van der Waals surface area (Å²) in [5, 5.41) is 10.8. The molecule has 2 rings (SSSR count). The fourth-order valence-corrected chi connectivity index (χ4v) is 2.83.